The van der Waals surface area contributed by atoms with Crippen LogP contribution in [0.5, 0.6) is 0 Å². The van der Waals surface area contributed by atoms with Gasteiger partial charge in [0.25, 0.3) is 0 Å². The Labute approximate surface area is 113 Å². The number of piperidine rings is 1. The molecule has 5 nitrogen and oxygen atoms in total. The molecule has 0 aromatic carbocycles. The lowest BCUT2D eigenvalue weighted by Gasteiger charge is -2.48. The predicted octanol–water partition coefficient (Wildman–Crippen LogP) is 0.228. The van der Waals surface area contributed by atoms with E-state index in [0.29, 0.717) is 32.1 Å². The van der Waals surface area contributed by atoms with E-state index in [0.717, 1.165) is 25.7 Å². The van der Waals surface area contributed by atoms with Gasteiger partial charge in [-0.05, 0) is 31.6 Å². The number of carbonyl (C=O) groups excluding carboxylic acids is 2. The molecule has 0 spiro atoms. The number of carbonyl (C=O) groups is 2. The monoisotopic (exact) mass is 266 g/mol. The highest BCUT2D eigenvalue weighted by atomic mass is 16.3. The lowest BCUT2D eigenvalue weighted by molar-refractivity contribution is -0.165. The van der Waals surface area contributed by atoms with Gasteiger partial charge >= 0.3 is 0 Å². The van der Waals surface area contributed by atoms with Crippen molar-refractivity contribution in [3.63, 3.8) is 0 Å². The SMILES string of the molecule is CC(=O)N1CCC(C(=O)N2CC(O)(C3CC3)C2)CC1. The smallest absolute Gasteiger partial charge is 0.226 e. The zero-order valence-electron chi connectivity index (χ0n) is 11.5. The van der Waals surface area contributed by atoms with Crippen molar-refractivity contribution in [1.29, 1.82) is 0 Å². The van der Waals surface area contributed by atoms with Gasteiger partial charge in [-0.25, -0.2) is 0 Å². The average Bonchev–Trinajstić information content (AvgIpc) is 3.18. The van der Waals surface area contributed by atoms with Gasteiger partial charge in [0.1, 0.15) is 5.60 Å². The van der Waals surface area contributed by atoms with Gasteiger partial charge in [0, 0.05) is 25.9 Å². The fourth-order valence-electron chi connectivity index (χ4n) is 3.35. The lowest BCUT2D eigenvalue weighted by atomic mass is 9.86. The number of likely N-dealkylation sites (tertiary alicyclic amines) is 2. The Bertz CT molecular complexity index is 391. The maximum Gasteiger partial charge on any atom is 0.226 e. The van der Waals surface area contributed by atoms with Crippen molar-refractivity contribution in [3.05, 3.63) is 0 Å². The molecule has 19 heavy (non-hydrogen) atoms. The molecule has 5 heteroatoms. The maximum absolute atomic E-state index is 12.3. The summed E-state index contributed by atoms with van der Waals surface area (Å²) in [6, 6.07) is 0. The molecule has 1 saturated carbocycles. The van der Waals surface area contributed by atoms with Crippen LogP contribution in [-0.4, -0.2) is 58.5 Å². The van der Waals surface area contributed by atoms with Crippen molar-refractivity contribution in [2.75, 3.05) is 26.2 Å². The summed E-state index contributed by atoms with van der Waals surface area (Å²) in [7, 11) is 0. The van der Waals surface area contributed by atoms with E-state index in [1.807, 2.05) is 0 Å². The van der Waals surface area contributed by atoms with E-state index in [1.54, 1.807) is 16.7 Å². The van der Waals surface area contributed by atoms with Crippen LogP contribution in [0.15, 0.2) is 0 Å². The summed E-state index contributed by atoms with van der Waals surface area (Å²) in [4.78, 5) is 27.1. The molecule has 2 amide bonds. The van der Waals surface area contributed by atoms with Gasteiger partial charge in [-0.15, -0.1) is 0 Å². The van der Waals surface area contributed by atoms with E-state index < -0.39 is 5.60 Å². The molecular formula is C14H22N2O3. The molecule has 1 aliphatic carbocycles. The van der Waals surface area contributed by atoms with Crippen molar-refractivity contribution in [3.8, 4) is 0 Å². The number of aliphatic hydroxyl groups is 1. The zero-order valence-corrected chi connectivity index (χ0v) is 11.5. The molecule has 0 bridgehead atoms. The molecule has 3 aliphatic rings. The molecule has 0 unspecified atom stereocenters. The average molecular weight is 266 g/mol. The number of amides is 2. The summed E-state index contributed by atoms with van der Waals surface area (Å²) in [5.41, 5.74) is -0.588. The predicted molar refractivity (Wildman–Crippen MR) is 69.2 cm³/mol. The first-order valence-electron chi connectivity index (χ1n) is 7.26. The van der Waals surface area contributed by atoms with Crippen molar-refractivity contribution in [1.82, 2.24) is 9.80 Å². The van der Waals surface area contributed by atoms with Gasteiger partial charge in [-0.1, -0.05) is 0 Å². The van der Waals surface area contributed by atoms with Crippen LogP contribution in [0.25, 0.3) is 0 Å². The highest BCUT2D eigenvalue weighted by molar-refractivity contribution is 5.80. The normalized spacial score (nSPS) is 27.1. The Balaban J connectivity index is 1.48. The molecule has 3 fully saturated rings. The second kappa shape index (κ2) is 4.47. The van der Waals surface area contributed by atoms with Crippen LogP contribution in [0.3, 0.4) is 0 Å². The molecule has 106 valence electrons. The van der Waals surface area contributed by atoms with Crippen LogP contribution in [0, 0.1) is 11.8 Å². The minimum atomic E-state index is -0.588. The number of nitrogens with zero attached hydrogens (tertiary/aromatic N) is 2. The Kier molecular flexibility index (Phi) is 3.04. The van der Waals surface area contributed by atoms with Gasteiger partial charge in [0.05, 0.1) is 13.1 Å². The molecule has 2 heterocycles. The first kappa shape index (κ1) is 12.9. The standard InChI is InChI=1S/C14H22N2O3/c1-10(17)15-6-4-11(5-7-15)13(18)16-8-14(19,9-16)12-2-3-12/h11-12,19H,2-9H2,1H3. The highest BCUT2D eigenvalue weighted by Crippen LogP contribution is 2.45. The fraction of sp³-hybridized carbons (Fsp3) is 0.857. The van der Waals surface area contributed by atoms with E-state index in [1.165, 1.54) is 0 Å². The van der Waals surface area contributed by atoms with Gasteiger partial charge < -0.3 is 14.9 Å². The number of β-amino-alcohol motifs (C(OH)–C–C–N with tert-alkyl or cyclic N) is 1. The molecule has 0 radical (unpaired) electrons. The molecule has 3 rings (SSSR count). The second-order valence-corrected chi connectivity index (χ2v) is 6.35. The molecule has 2 saturated heterocycles. The minimum absolute atomic E-state index is 0.0411. The third-order valence-electron chi connectivity index (χ3n) is 4.87. The summed E-state index contributed by atoms with van der Waals surface area (Å²) in [6.07, 6.45) is 3.73. The molecular weight excluding hydrogens is 244 g/mol. The quantitative estimate of drug-likeness (QED) is 0.778. The number of rotatable bonds is 2. The summed E-state index contributed by atoms with van der Waals surface area (Å²) < 4.78 is 0. The number of hydrogen-bond acceptors (Lipinski definition) is 3. The largest absolute Gasteiger partial charge is 0.386 e. The summed E-state index contributed by atoms with van der Waals surface area (Å²) in [6.45, 7) is 3.99. The Hall–Kier alpha value is -1.10. The topological polar surface area (TPSA) is 60.9 Å². The highest BCUT2D eigenvalue weighted by Gasteiger charge is 2.53. The van der Waals surface area contributed by atoms with E-state index in [9.17, 15) is 14.7 Å². The Morgan fingerprint density at radius 3 is 2.11 bits per heavy atom. The molecule has 0 aromatic rings. The van der Waals surface area contributed by atoms with Gasteiger partial charge in [-0.3, -0.25) is 9.59 Å². The second-order valence-electron chi connectivity index (χ2n) is 6.35. The van der Waals surface area contributed by atoms with E-state index in [2.05, 4.69) is 0 Å². The Morgan fingerprint density at radius 2 is 1.63 bits per heavy atom. The van der Waals surface area contributed by atoms with Crippen LogP contribution in [-0.2, 0) is 9.59 Å². The van der Waals surface area contributed by atoms with Crippen LogP contribution in [0.1, 0.15) is 32.6 Å². The van der Waals surface area contributed by atoms with Crippen molar-refractivity contribution in [2.45, 2.75) is 38.2 Å². The van der Waals surface area contributed by atoms with Gasteiger partial charge in [0.15, 0.2) is 0 Å². The first-order chi connectivity index (χ1) is 8.99. The number of hydrogen-bond donors (Lipinski definition) is 1. The molecule has 1 N–H and O–H groups in total. The van der Waals surface area contributed by atoms with Crippen molar-refractivity contribution >= 4 is 11.8 Å². The minimum Gasteiger partial charge on any atom is -0.386 e. The summed E-state index contributed by atoms with van der Waals surface area (Å²) >= 11 is 0. The molecule has 0 aromatic heterocycles. The van der Waals surface area contributed by atoms with Crippen LogP contribution >= 0.6 is 0 Å². The zero-order chi connectivity index (χ0) is 13.6. The van der Waals surface area contributed by atoms with Gasteiger partial charge in [-0.2, -0.15) is 0 Å². The van der Waals surface area contributed by atoms with E-state index in [4.69, 9.17) is 0 Å². The first-order valence-corrected chi connectivity index (χ1v) is 7.26. The van der Waals surface area contributed by atoms with Crippen LogP contribution < -0.4 is 0 Å². The summed E-state index contributed by atoms with van der Waals surface area (Å²) in [5, 5.41) is 10.2. The van der Waals surface area contributed by atoms with Crippen LogP contribution in [0.4, 0.5) is 0 Å². The Morgan fingerprint density at radius 1 is 1.05 bits per heavy atom. The third kappa shape index (κ3) is 2.36. The lowest BCUT2D eigenvalue weighted by Crippen LogP contribution is -2.66. The maximum atomic E-state index is 12.3. The van der Waals surface area contributed by atoms with Crippen molar-refractivity contribution < 1.29 is 14.7 Å². The van der Waals surface area contributed by atoms with Crippen LogP contribution in [0.2, 0.25) is 0 Å². The van der Waals surface area contributed by atoms with E-state index >= 15 is 0 Å². The fourth-order valence-corrected chi connectivity index (χ4v) is 3.35. The molecule has 2 aliphatic heterocycles. The summed E-state index contributed by atoms with van der Waals surface area (Å²) in [5.74, 6) is 0.738. The molecule has 0 atom stereocenters. The van der Waals surface area contributed by atoms with Gasteiger partial charge in [0.2, 0.25) is 11.8 Å². The van der Waals surface area contributed by atoms with Crippen molar-refractivity contribution in [2.24, 2.45) is 11.8 Å². The third-order valence-corrected chi connectivity index (χ3v) is 4.87. The van der Waals surface area contributed by atoms with E-state index in [-0.39, 0.29) is 17.7 Å².